The average Bonchev–Trinajstić information content (AvgIpc) is 2.46. The monoisotopic (exact) mass is 262 g/mol. The first-order valence-corrected chi connectivity index (χ1v) is 7.89. The van der Waals surface area contributed by atoms with E-state index in [1.807, 2.05) is 0 Å². The molecule has 0 aliphatic carbocycles. The van der Waals surface area contributed by atoms with Crippen LogP contribution in [0.5, 0.6) is 0 Å². The van der Waals surface area contributed by atoms with Gasteiger partial charge in [-0.3, -0.25) is 0 Å². The van der Waals surface area contributed by atoms with Crippen LogP contribution in [0.15, 0.2) is 30.3 Å². The number of rotatable bonds is 12. The Labute approximate surface area is 119 Å². The first kappa shape index (κ1) is 16.2. The highest BCUT2D eigenvalue weighted by Crippen LogP contribution is 2.01. The number of hydrogen-bond donors (Lipinski definition) is 2. The topological polar surface area (TPSA) is 24.1 Å². The molecule has 1 aromatic rings. The minimum atomic E-state index is 1.07. The number of unbranched alkanes of at least 4 members (excludes halogenated alkanes) is 4. The molecule has 0 saturated heterocycles. The van der Waals surface area contributed by atoms with Crippen molar-refractivity contribution in [2.24, 2.45) is 0 Å². The normalized spacial score (nSPS) is 10.8. The number of hydrogen-bond acceptors (Lipinski definition) is 2. The predicted molar refractivity (Wildman–Crippen MR) is 84.6 cm³/mol. The first-order valence-electron chi connectivity index (χ1n) is 7.89. The number of benzene rings is 1. The molecular formula is C17H30N2. The maximum Gasteiger partial charge on any atom is 0.00768 e. The average molecular weight is 262 g/mol. The van der Waals surface area contributed by atoms with Gasteiger partial charge in [0, 0.05) is 13.1 Å². The summed E-state index contributed by atoms with van der Waals surface area (Å²) in [6.07, 6.45) is 7.94. The van der Waals surface area contributed by atoms with E-state index >= 15 is 0 Å². The van der Waals surface area contributed by atoms with Crippen LogP contribution in [0, 0.1) is 0 Å². The maximum atomic E-state index is 3.50. The minimum Gasteiger partial charge on any atom is -0.315 e. The summed E-state index contributed by atoms with van der Waals surface area (Å²) in [5, 5.41) is 6.98. The lowest BCUT2D eigenvalue weighted by molar-refractivity contribution is 0.565. The summed E-state index contributed by atoms with van der Waals surface area (Å²) in [6.45, 7) is 6.66. The van der Waals surface area contributed by atoms with Gasteiger partial charge in [0.15, 0.2) is 0 Å². The van der Waals surface area contributed by atoms with E-state index in [0.717, 1.165) is 26.1 Å². The van der Waals surface area contributed by atoms with Crippen LogP contribution in [0.4, 0.5) is 0 Å². The Morgan fingerprint density at radius 1 is 0.737 bits per heavy atom. The van der Waals surface area contributed by atoms with Gasteiger partial charge in [-0.1, -0.05) is 62.9 Å². The van der Waals surface area contributed by atoms with Gasteiger partial charge in [-0.25, -0.2) is 0 Å². The zero-order chi connectivity index (χ0) is 13.6. The molecule has 1 rings (SSSR count). The fourth-order valence-electron chi connectivity index (χ4n) is 2.16. The van der Waals surface area contributed by atoms with Crippen molar-refractivity contribution >= 4 is 0 Å². The molecule has 0 heterocycles. The van der Waals surface area contributed by atoms with E-state index in [9.17, 15) is 0 Å². The Balaban J connectivity index is 1.79. The molecule has 0 amide bonds. The van der Waals surface area contributed by atoms with Crippen LogP contribution in [0.25, 0.3) is 0 Å². The highest BCUT2D eigenvalue weighted by Gasteiger charge is 1.92. The lowest BCUT2D eigenvalue weighted by atomic mass is 10.1. The van der Waals surface area contributed by atoms with Crippen LogP contribution in [0.2, 0.25) is 0 Å². The second-order valence-electron chi connectivity index (χ2n) is 5.15. The van der Waals surface area contributed by atoms with Crippen molar-refractivity contribution in [3.63, 3.8) is 0 Å². The molecule has 0 atom stereocenters. The smallest absolute Gasteiger partial charge is 0.00768 e. The third-order valence-electron chi connectivity index (χ3n) is 3.37. The molecular weight excluding hydrogens is 232 g/mol. The van der Waals surface area contributed by atoms with E-state index in [1.165, 1.54) is 44.2 Å². The summed E-state index contributed by atoms with van der Waals surface area (Å²) in [4.78, 5) is 0. The van der Waals surface area contributed by atoms with E-state index < -0.39 is 0 Å². The van der Waals surface area contributed by atoms with Crippen LogP contribution < -0.4 is 10.6 Å². The predicted octanol–water partition coefficient (Wildman–Crippen LogP) is 3.38. The molecule has 0 radical (unpaired) electrons. The van der Waals surface area contributed by atoms with Gasteiger partial charge in [-0.2, -0.15) is 0 Å². The van der Waals surface area contributed by atoms with Crippen molar-refractivity contribution in [2.45, 2.75) is 45.4 Å². The zero-order valence-corrected chi connectivity index (χ0v) is 12.5. The highest BCUT2D eigenvalue weighted by atomic mass is 14.9. The van der Waals surface area contributed by atoms with Gasteiger partial charge in [0.05, 0.1) is 0 Å². The molecule has 0 spiro atoms. The molecule has 0 aliphatic heterocycles. The summed E-state index contributed by atoms with van der Waals surface area (Å²) < 4.78 is 0. The summed E-state index contributed by atoms with van der Waals surface area (Å²) in [7, 11) is 0. The van der Waals surface area contributed by atoms with E-state index in [0.29, 0.717) is 0 Å². The van der Waals surface area contributed by atoms with Crippen molar-refractivity contribution in [1.29, 1.82) is 0 Å². The molecule has 0 aliphatic rings. The van der Waals surface area contributed by atoms with Gasteiger partial charge < -0.3 is 10.6 Å². The Morgan fingerprint density at radius 2 is 1.42 bits per heavy atom. The molecule has 2 nitrogen and oxygen atoms in total. The highest BCUT2D eigenvalue weighted by molar-refractivity contribution is 5.14. The first-order chi connectivity index (χ1) is 9.43. The van der Waals surface area contributed by atoms with Crippen molar-refractivity contribution < 1.29 is 0 Å². The van der Waals surface area contributed by atoms with Crippen LogP contribution in [-0.4, -0.2) is 26.2 Å². The number of nitrogens with one attached hydrogen (secondary N) is 2. The van der Waals surface area contributed by atoms with Gasteiger partial charge in [0.2, 0.25) is 0 Å². The Hall–Kier alpha value is -0.860. The molecule has 1 aromatic carbocycles. The summed E-state index contributed by atoms with van der Waals surface area (Å²) >= 11 is 0. The van der Waals surface area contributed by atoms with Gasteiger partial charge >= 0.3 is 0 Å². The van der Waals surface area contributed by atoms with Gasteiger partial charge in [0.1, 0.15) is 0 Å². The fourth-order valence-corrected chi connectivity index (χ4v) is 2.16. The lowest BCUT2D eigenvalue weighted by Crippen LogP contribution is -2.29. The maximum absolute atomic E-state index is 3.50. The molecule has 0 unspecified atom stereocenters. The molecule has 2 N–H and O–H groups in total. The van der Waals surface area contributed by atoms with Crippen LogP contribution in [0.1, 0.15) is 44.6 Å². The second kappa shape index (κ2) is 12.2. The Morgan fingerprint density at radius 3 is 2.16 bits per heavy atom. The van der Waals surface area contributed by atoms with Gasteiger partial charge in [-0.15, -0.1) is 0 Å². The molecule has 108 valence electrons. The fraction of sp³-hybridized carbons (Fsp3) is 0.647. The Bertz CT molecular complexity index is 285. The van der Waals surface area contributed by atoms with E-state index in [2.05, 4.69) is 47.9 Å². The summed E-state index contributed by atoms with van der Waals surface area (Å²) in [6, 6.07) is 10.7. The molecule has 0 saturated carbocycles. The zero-order valence-electron chi connectivity index (χ0n) is 12.5. The SMILES string of the molecule is CCCCCCCNCCNCCc1ccccc1. The van der Waals surface area contributed by atoms with Crippen LogP contribution >= 0.6 is 0 Å². The largest absolute Gasteiger partial charge is 0.315 e. The minimum absolute atomic E-state index is 1.07. The lowest BCUT2D eigenvalue weighted by Gasteiger charge is -2.06. The third-order valence-corrected chi connectivity index (χ3v) is 3.37. The van der Waals surface area contributed by atoms with Crippen molar-refractivity contribution in [3.8, 4) is 0 Å². The molecule has 0 bridgehead atoms. The van der Waals surface area contributed by atoms with Crippen LogP contribution in [0.3, 0.4) is 0 Å². The van der Waals surface area contributed by atoms with Crippen molar-refractivity contribution in [3.05, 3.63) is 35.9 Å². The summed E-state index contributed by atoms with van der Waals surface area (Å²) in [5.74, 6) is 0. The van der Waals surface area contributed by atoms with Crippen LogP contribution in [-0.2, 0) is 6.42 Å². The van der Waals surface area contributed by atoms with E-state index in [-0.39, 0.29) is 0 Å². The Kier molecular flexibility index (Phi) is 10.4. The van der Waals surface area contributed by atoms with E-state index in [4.69, 9.17) is 0 Å². The second-order valence-corrected chi connectivity index (χ2v) is 5.15. The summed E-state index contributed by atoms with van der Waals surface area (Å²) in [5.41, 5.74) is 1.42. The molecule has 19 heavy (non-hydrogen) atoms. The van der Waals surface area contributed by atoms with Gasteiger partial charge in [-0.05, 0) is 31.5 Å². The standard InChI is InChI=1S/C17H30N2/c1-2-3-4-5-9-13-18-15-16-19-14-12-17-10-7-6-8-11-17/h6-8,10-11,18-19H,2-5,9,12-16H2,1H3. The molecule has 0 aromatic heterocycles. The quantitative estimate of drug-likeness (QED) is 0.564. The van der Waals surface area contributed by atoms with Crippen molar-refractivity contribution in [1.82, 2.24) is 10.6 Å². The van der Waals surface area contributed by atoms with Gasteiger partial charge in [0.25, 0.3) is 0 Å². The van der Waals surface area contributed by atoms with E-state index in [1.54, 1.807) is 0 Å². The molecule has 2 heteroatoms. The third kappa shape index (κ3) is 9.69. The molecule has 0 fully saturated rings. The van der Waals surface area contributed by atoms with Crippen molar-refractivity contribution in [2.75, 3.05) is 26.2 Å².